The minimum atomic E-state index is 0.461. The van der Waals surface area contributed by atoms with Gasteiger partial charge in [0, 0.05) is 39.5 Å². The number of aromatic amines is 1. The summed E-state index contributed by atoms with van der Waals surface area (Å²) in [7, 11) is 0. The third kappa shape index (κ3) is 4.03. The lowest BCUT2D eigenvalue weighted by atomic mass is 10.3. The number of aromatic nitrogens is 4. The smallest absolute Gasteiger partial charge is 0.229 e. The van der Waals surface area contributed by atoms with Crippen LogP contribution in [0.4, 0.5) is 23.3 Å². The third-order valence-electron chi connectivity index (χ3n) is 3.83. The summed E-state index contributed by atoms with van der Waals surface area (Å²) in [6.45, 7) is 1.91. The molecular formula is C17H16Cl2N6. The van der Waals surface area contributed by atoms with Crippen LogP contribution in [0.3, 0.4) is 0 Å². The average Bonchev–Trinajstić information content (AvgIpc) is 3.26. The monoisotopic (exact) mass is 374 g/mol. The van der Waals surface area contributed by atoms with Crippen LogP contribution in [0, 0.1) is 6.92 Å². The predicted molar refractivity (Wildman–Crippen MR) is 100 cm³/mol. The van der Waals surface area contributed by atoms with Gasteiger partial charge < -0.3 is 10.6 Å². The van der Waals surface area contributed by atoms with E-state index in [4.69, 9.17) is 23.2 Å². The van der Waals surface area contributed by atoms with Crippen molar-refractivity contribution in [3.05, 3.63) is 51.8 Å². The van der Waals surface area contributed by atoms with E-state index in [0.29, 0.717) is 27.7 Å². The second kappa shape index (κ2) is 6.54. The van der Waals surface area contributed by atoms with Crippen molar-refractivity contribution in [3.63, 3.8) is 0 Å². The van der Waals surface area contributed by atoms with Gasteiger partial charge in [0.2, 0.25) is 5.95 Å². The van der Waals surface area contributed by atoms with Gasteiger partial charge in [-0.15, -0.1) is 0 Å². The van der Waals surface area contributed by atoms with Crippen LogP contribution in [0.15, 0.2) is 30.3 Å². The second-order valence-electron chi connectivity index (χ2n) is 6.11. The molecule has 2 aromatic heterocycles. The molecule has 0 radical (unpaired) electrons. The molecule has 0 amide bonds. The molecule has 1 fully saturated rings. The number of aryl methyl sites for hydroxylation is 1. The van der Waals surface area contributed by atoms with Gasteiger partial charge in [-0.05, 0) is 38.0 Å². The molecule has 2 heterocycles. The van der Waals surface area contributed by atoms with Crippen molar-refractivity contribution in [2.75, 3.05) is 10.6 Å². The van der Waals surface area contributed by atoms with Crippen LogP contribution in [-0.4, -0.2) is 20.2 Å². The van der Waals surface area contributed by atoms with Crippen LogP contribution in [0.5, 0.6) is 0 Å². The Morgan fingerprint density at radius 2 is 1.76 bits per heavy atom. The van der Waals surface area contributed by atoms with E-state index < -0.39 is 0 Å². The molecule has 1 saturated carbocycles. The van der Waals surface area contributed by atoms with E-state index in [1.807, 2.05) is 19.1 Å². The number of H-pyrrole nitrogens is 1. The molecule has 4 rings (SSSR count). The zero-order chi connectivity index (χ0) is 17.4. The molecule has 3 aromatic rings. The predicted octanol–water partition coefficient (Wildman–Crippen LogP) is 5.18. The highest BCUT2D eigenvalue weighted by Gasteiger charge is 2.26. The van der Waals surface area contributed by atoms with E-state index in [-0.39, 0.29) is 0 Å². The number of benzene rings is 1. The Hall–Kier alpha value is -2.31. The Labute approximate surface area is 155 Å². The maximum absolute atomic E-state index is 6.03. The maximum atomic E-state index is 6.03. The van der Waals surface area contributed by atoms with E-state index in [1.165, 1.54) is 12.8 Å². The van der Waals surface area contributed by atoms with E-state index in [0.717, 1.165) is 22.9 Å². The molecule has 1 aliphatic carbocycles. The topological polar surface area (TPSA) is 78.5 Å². The van der Waals surface area contributed by atoms with Crippen molar-refractivity contribution in [3.8, 4) is 0 Å². The van der Waals surface area contributed by atoms with Gasteiger partial charge in [0.15, 0.2) is 0 Å². The first-order chi connectivity index (χ1) is 12.0. The van der Waals surface area contributed by atoms with Crippen LogP contribution < -0.4 is 10.6 Å². The molecule has 0 bridgehead atoms. The Morgan fingerprint density at radius 1 is 1.00 bits per heavy atom. The summed E-state index contributed by atoms with van der Waals surface area (Å²) < 4.78 is 0. The average molecular weight is 375 g/mol. The van der Waals surface area contributed by atoms with Crippen LogP contribution in [0.2, 0.25) is 10.0 Å². The summed E-state index contributed by atoms with van der Waals surface area (Å²) in [4.78, 5) is 8.89. The standard InChI is InChI=1S/C17H16Cl2N6/c1-9-4-15(22-16-8-14(24-25-16)10-2-3-10)23-17(20-9)21-13-6-11(18)5-12(19)7-13/h4-8,10H,2-3H2,1H3,(H3,20,21,22,23,24,25). The summed E-state index contributed by atoms with van der Waals surface area (Å²) in [6.07, 6.45) is 2.43. The Balaban J connectivity index is 1.54. The highest BCUT2D eigenvalue weighted by molar-refractivity contribution is 6.35. The Bertz CT molecular complexity index is 899. The molecule has 1 aromatic carbocycles. The fourth-order valence-electron chi connectivity index (χ4n) is 2.57. The molecule has 1 aliphatic rings. The fourth-order valence-corrected chi connectivity index (χ4v) is 3.10. The van der Waals surface area contributed by atoms with Gasteiger partial charge in [0.05, 0.1) is 5.69 Å². The fraction of sp³-hybridized carbons (Fsp3) is 0.235. The zero-order valence-corrected chi connectivity index (χ0v) is 15.0. The molecule has 8 heteroatoms. The van der Waals surface area contributed by atoms with Crippen LogP contribution in [0.25, 0.3) is 0 Å². The molecule has 0 saturated heterocycles. The summed E-state index contributed by atoms with van der Waals surface area (Å²) in [5, 5.41) is 14.8. The number of hydrogen-bond acceptors (Lipinski definition) is 5. The minimum absolute atomic E-state index is 0.461. The van der Waals surface area contributed by atoms with Gasteiger partial charge in [0.25, 0.3) is 0 Å². The first-order valence-corrected chi connectivity index (χ1v) is 8.72. The third-order valence-corrected chi connectivity index (χ3v) is 4.27. The van der Waals surface area contributed by atoms with Gasteiger partial charge >= 0.3 is 0 Å². The van der Waals surface area contributed by atoms with Crippen molar-refractivity contribution < 1.29 is 0 Å². The van der Waals surface area contributed by atoms with Crippen molar-refractivity contribution in [2.45, 2.75) is 25.7 Å². The molecule has 128 valence electrons. The van der Waals surface area contributed by atoms with Crippen molar-refractivity contribution >= 4 is 46.5 Å². The highest BCUT2D eigenvalue weighted by Crippen LogP contribution is 2.39. The molecule has 0 aliphatic heterocycles. The zero-order valence-electron chi connectivity index (χ0n) is 13.5. The van der Waals surface area contributed by atoms with E-state index >= 15 is 0 Å². The highest BCUT2D eigenvalue weighted by atomic mass is 35.5. The Morgan fingerprint density at radius 3 is 2.48 bits per heavy atom. The number of anilines is 4. The number of halogens is 2. The van der Waals surface area contributed by atoms with E-state index in [9.17, 15) is 0 Å². The molecule has 25 heavy (non-hydrogen) atoms. The number of nitrogens with one attached hydrogen (secondary N) is 3. The quantitative estimate of drug-likeness (QED) is 0.573. The lowest BCUT2D eigenvalue weighted by molar-refractivity contribution is 0.966. The van der Waals surface area contributed by atoms with Crippen LogP contribution >= 0.6 is 23.2 Å². The summed E-state index contributed by atoms with van der Waals surface area (Å²) >= 11 is 12.1. The summed E-state index contributed by atoms with van der Waals surface area (Å²) in [6, 6.07) is 9.10. The first kappa shape index (κ1) is 16.2. The van der Waals surface area contributed by atoms with Gasteiger partial charge in [-0.25, -0.2) is 4.98 Å². The van der Waals surface area contributed by atoms with Gasteiger partial charge in [-0.1, -0.05) is 23.2 Å². The largest absolute Gasteiger partial charge is 0.325 e. The molecule has 3 N–H and O–H groups in total. The lowest BCUT2D eigenvalue weighted by Crippen LogP contribution is -2.02. The number of rotatable bonds is 5. The molecular weight excluding hydrogens is 359 g/mol. The molecule has 0 spiro atoms. The van der Waals surface area contributed by atoms with Crippen LogP contribution in [-0.2, 0) is 0 Å². The normalized spacial score (nSPS) is 13.7. The van der Waals surface area contributed by atoms with Crippen molar-refractivity contribution in [1.82, 2.24) is 20.2 Å². The number of hydrogen-bond donors (Lipinski definition) is 3. The van der Waals surface area contributed by atoms with E-state index in [1.54, 1.807) is 18.2 Å². The lowest BCUT2D eigenvalue weighted by Gasteiger charge is -2.09. The van der Waals surface area contributed by atoms with Crippen molar-refractivity contribution in [1.29, 1.82) is 0 Å². The van der Waals surface area contributed by atoms with Gasteiger partial charge in [-0.2, -0.15) is 10.1 Å². The maximum Gasteiger partial charge on any atom is 0.229 e. The van der Waals surface area contributed by atoms with E-state index in [2.05, 4.69) is 30.8 Å². The second-order valence-corrected chi connectivity index (χ2v) is 6.98. The molecule has 0 atom stereocenters. The van der Waals surface area contributed by atoms with Gasteiger partial charge in [0.1, 0.15) is 11.6 Å². The van der Waals surface area contributed by atoms with Crippen molar-refractivity contribution in [2.24, 2.45) is 0 Å². The minimum Gasteiger partial charge on any atom is -0.325 e. The first-order valence-electron chi connectivity index (χ1n) is 7.96. The Kier molecular flexibility index (Phi) is 4.23. The van der Waals surface area contributed by atoms with Crippen LogP contribution in [0.1, 0.15) is 30.1 Å². The molecule has 6 nitrogen and oxygen atoms in total. The summed E-state index contributed by atoms with van der Waals surface area (Å²) in [5.74, 6) is 2.55. The van der Waals surface area contributed by atoms with Gasteiger partial charge in [-0.3, -0.25) is 5.10 Å². The summed E-state index contributed by atoms with van der Waals surface area (Å²) in [5.41, 5.74) is 2.65. The molecule has 0 unspecified atom stereocenters. The number of nitrogens with zero attached hydrogens (tertiary/aromatic N) is 3. The SMILES string of the molecule is Cc1cc(Nc2cc(C3CC3)n[nH]2)nc(Nc2cc(Cl)cc(Cl)c2)n1.